The van der Waals surface area contributed by atoms with E-state index < -0.39 is 12.1 Å². The second-order valence-corrected chi connectivity index (χ2v) is 6.21. The van der Waals surface area contributed by atoms with Crippen molar-refractivity contribution < 1.29 is 19.6 Å². The van der Waals surface area contributed by atoms with Gasteiger partial charge in [-0.15, -0.1) is 0 Å². The number of amides is 3. The Morgan fingerprint density at radius 3 is 2.65 bits per heavy atom. The van der Waals surface area contributed by atoms with E-state index in [0.29, 0.717) is 13.2 Å². The van der Waals surface area contributed by atoms with Crippen LogP contribution in [0.2, 0.25) is 0 Å². The Morgan fingerprint density at radius 2 is 1.88 bits per heavy atom. The molecule has 2 atom stereocenters. The van der Waals surface area contributed by atoms with Crippen molar-refractivity contribution >= 4 is 11.9 Å². The molecule has 0 unspecified atom stereocenters. The van der Waals surface area contributed by atoms with Crippen molar-refractivity contribution in [1.29, 1.82) is 0 Å². The summed E-state index contributed by atoms with van der Waals surface area (Å²) in [6.45, 7) is 2.88. The van der Waals surface area contributed by atoms with Gasteiger partial charge in [0.2, 0.25) is 0 Å². The van der Waals surface area contributed by atoms with Gasteiger partial charge in [0.05, 0.1) is 12.2 Å². The van der Waals surface area contributed by atoms with Crippen molar-refractivity contribution in [3.05, 3.63) is 65.7 Å². The lowest BCUT2D eigenvalue weighted by molar-refractivity contribution is -0.723. The summed E-state index contributed by atoms with van der Waals surface area (Å²) in [6, 6.07) is 16.5. The second-order valence-electron chi connectivity index (χ2n) is 6.21. The summed E-state index contributed by atoms with van der Waals surface area (Å²) in [6.07, 6.45) is 0.800. The number of nitrogens with one attached hydrogen (secondary N) is 2. The van der Waals surface area contributed by atoms with Crippen LogP contribution in [-0.2, 0) is 4.79 Å². The molecule has 0 radical (unpaired) electrons. The lowest BCUT2D eigenvalue weighted by Gasteiger charge is -2.27. The first-order valence-corrected chi connectivity index (χ1v) is 8.89. The van der Waals surface area contributed by atoms with Gasteiger partial charge in [-0.3, -0.25) is 10.1 Å². The maximum atomic E-state index is 12.8. The number of imide groups is 1. The van der Waals surface area contributed by atoms with E-state index in [9.17, 15) is 9.59 Å². The molecule has 1 aliphatic heterocycles. The van der Waals surface area contributed by atoms with Crippen LogP contribution in [0.5, 0.6) is 5.75 Å². The smallest absolute Gasteiger partial charge is 0.321 e. The van der Waals surface area contributed by atoms with Gasteiger partial charge in [-0.1, -0.05) is 42.5 Å². The fraction of sp³-hybridized carbons (Fsp3) is 0.300. The van der Waals surface area contributed by atoms with E-state index in [0.717, 1.165) is 23.3 Å². The third-order valence-electron chi connectivity index (χ3n) is 4.44. The van der Waals surface area contributed by atoms with Gasteiger partial charge in [0, 0.05) is 18.5 Å². The molecule has 1 aliphatic rings. The maximum Gasteiger partial charge on any atom is 0.321 e. The zero-order valence-electron chi connectivity index (χ0n) is 14.8. The van der Waals surface area contributed by atoms with Crippen LogP contribution in [0.1, 0.15) is 36.6 Å². The normalized spacial score (nSPS) is 16.7. The van der Waals surface area contributed by atoms with E-state index in [1.54, 1.807) is 0 Å². The SMILES string of the molecule is CCNC(=O)NC(=O)[C@@H]([NH2+][C@H]1CCOc2ccccc21)c1ccccc1. The Hall–Kier alpha value is -2.86. The van der Waals surface area contributed by atoms with Crippen LogP contribution in [0.15, 0.2) is 54.6 Å². The minimum absolute atomic E-state index is 0.0881. The van der Waals surface area contributed by atoms with E-state index >= 15 is 0 Å². The number of carbonyl (C=O) groups excluding carboxylic acids is 2. The molecule has 0 aromatic heterocycles. The molecule has 0 saturated heterocycles. The standard InChI is InChI=1S/C20H23N3O3/c1-2-21-20(25)23-19(24)18(14-8-4-3-5-9-14)22-16-12-13-26-17-11-7-6-10-15(16)17/h3-11,16,18,22H,2,12-13H2,1H3,(H2,21,23,24,25)/p+1/t16-,18-/m0/s1. The highest BCUT2D eigenvalue weighted by Gasteiger charge is 2.32. The number of urea groups is 1. The third-order valence-corrected chi connectivity index (χ3v) is 4.44. The number of hydrogen-bond donors (Lipinski definition) is 3. The van der Waals surface area contributed by atoms with Crippen LogP contribution in [-0.4, -0.2) is 25.1 Å². The number of benzene rings is 2. The van der Waals surface area contributed by atoms with E-state index in [2.05, 4.69) is 10.6 Å². The van der Waals surface area contributed by atoms with Crippen LogP contribution in [0.4, 0.5) is 4.79 Å². The van der Waals surface area contributed by atoms with Gasteiger partial charge in [0.15, 0.2) is 6.04 Å². The van der Waals surface area contributed by atoms with Gasteiger partial charge in [-0.2, -0.15) is 0 Å². The molecule has 3 amide bonds. The average Bonchev–Trinajstić information content (AvgIpc) is 2.67. The number of hydrogen-bond acceptors (Lipinski definition) is 3. The first-order chi connectivity index (χ1) is 12.7. The van der Waals surface area contributed by atoms with Gasteiger partial charge < -0.3 is 15.4 Å². The number of quaternary nitrogens is 1. The lowest BCUT2D eigenvalue weighted by atomic mass is 9.97. The summed E-state index contributed by atoms with van der Waals surface area (Å²) in [4.78, 5) is 24.6. The number of carbonyl (C=O) groups is 2. The molecular weight excluding hydrogens is 330 g/mol. The van der Waals surface area contributed by atoms with Gasteiger partial charge >= 0.3 is 6.03 Å². The van der Waals surface area contributed by atoms with Gasteiger partial charge in [0.25, 0.3) is 5.91 Å². The molecular formula is C20H24N3O3+. The van der Waals surface area contributed by atoms with Crippen LogP contribution in [0.3, 0.4) is 0 Å². The van der Waals surface area contributed by atoms with Crippen molar-refractivity contribution in [3.8, 4) is 5.75 Å². The first kappa shape index (κ1) is 17.9. The van der Waals surface area contributed by atoms with Crippen molar-refractivity contribution in [1.82, 2.24) is 10.6 Å². The monoisotopic (exact) mass is 354 g/mol. The maximum absolute atomic E-state index is 12.8. The average molecular weight is 354 g/mol. The zero-order chi connectivity index (χ0) is 18.4. The highest BCUT2D eigenvalue weighted by Crippen LogP contribution is 2.29. The molecule has 26 heavy (non-hydrogen) atoms. The molecule has 0 bridgehead atoms. The number of rotatable bonds is 5. The van der Waals surface area contributed by atoms with E-state index in [-0.39, 0.29) is 11.9 Å². The third kappa shape index (κ3) is 4.21. The molecule has 1 heterocycles. The van der Waals surface area contributed by atoms with Crippen molar-refractivity contribution in [3.63, 3.8) is 0 Å². The van der Waals surface area contributed by atoms with Crippen LogP contribution >= 0.6 is 0 Å². The van der Waals surface area contributed by atoms with Gasteiger partial charge in [0.1, 0.15) is 11.8 Å². The topological polar surface area (TPSA) is 84.0 Å². The summed E-state index contributed by atoms with van der Waals surface area (Å²) in [7, 11) is 0. The second kappa shape index (κ2) is 8.49. The van der Waals surface area contributed by atoms with Crippen LogP contribution in [0.25, 0.3) is 0 Å². The fourth-order valence-corrected chi connectivity index (χ4v) is 3.21. The Kier molecular flexibility index (Phi) is 5.86. The van der Waals surface area contributed by atoms with Crippen molar-refractivity contribution in [2.75, 3.05) is 13.2 Å². The van der Waals surface area contributed by atoms with Gasteiger partial charge in [-0.05, 0) is 19.1 Å². The minimum Gasteiger partial charge on any atom is -0.493 e. The molecule has 136 valence electrons. The van der Waals surface area contributed by atoms with Crippen molar-refractivity contribution in [2.24, 2.45) is 0 Å². The summed E-state index contributed by atoms with van der Waals surface area (Å²) >= 11 is 0. The minimum atomic E-state index is -0.519. The Bertz CT molecular complexity index is 764. The predicted molar refractivity (Wildman–Crippen MR) is 97.6 cm³/mol. The molecule has 6 heteroatoms. The van der Waals surface area contributed by atoms with E-state index in [1.807, 2.05) is 66.8 Å². The molecule has 2 aromatic carbocycles. The van der Waals surface area contributed by atoms with E-state index in [1.165, 1.54) is 0 Å². The van der Waals surface area contributed by atoms with Crippen molar-refractivity contribution in [2.45, 2.75) is 25.4 Å². The molecule has 0 fully saturated rings. The Morgan fingerprint density at radius 1 is 1.15 bits per heavy atom. The van der Waals surface area contributed by atoms with Gasteiger partial charge in [-0.25, -0.2) is 4.79 Å². The molecule has 2 aromatic rings. The molecule has 0 spiro atoms. The molecule has 4 N–H and O–H groups in total. The Balaban J connectivity index is 1.83. The first-order valence-electron chi connectivity index (χ1n) is 8.89. The molecule has 0 saturated carbocycles. The molecule has 6 nitrogen and oxygen atoms in total. The number of ether oxygens (including phenoxy) is 1. The highest BCUT2D eigenvalue weighted by molar-refractivity contribution is 5.96. The fourth-order valence-electron chi connectivity index (χ4n) is 3.21. The van der Waals surface area contributed by atoms with Crippen LogP contribution < -0.4 is 20.7 Å². The summed E-state index contributed by atoms with van der Waals surface area (Å²) in [5.41, 5.74) is 1.93. The van der Waals surface area contributed by atoms with Crippen LogP contribution in [0, 0.1) is 0 Å². The zero-order valence-corrected chi connectivity index (χ0v) is 14.8. The quantitative estimate of drug-likeness (QED) is 0.763. The molecule has 3 rings (SSSR count). The number of para-hydroxylation sites is 1. The molecule has 0 aliphatic carbocycles. The highest BCUT2D eigenvalue weighted by atomic mass is 16.5. The summed E-state index contributed by atoms with van der Waals surface area (Å²) in [5.74, 6) is 0.530. The number of nitrogens with two attached hydrogens (primary N) is 1. The summed E-state index contributed by atoms with van der Waals surface area (Å²) < 4.78 is 5.71. The summed E-state index contributed by atoms with van der Waals surface area (Å²) in [5, 5.41) is 7.06. The lowest BCUT2D eigenvalue weighted by Crippen LogP contribution is -2.89. The predicted octanol–water partition coefficient (Wildman–Crippen LogP) is 1.66. The van der Waals surface area contributed by atoms with E-state index in [4.69, 9.17) is 4.74 Å². The largest absolute Gasteiger partial charge is 0.493 e. The number of fused-ring (bicyclic) bond motifs is 1. The Labute approximate surface area is 152 Å².